The zero-order valence-electron chi connectivity index (χ0n) is 28.5. The van der Waals surface area contributed by atoms with Crippen LogP contribution in [0.1, 0.15) is 187 Å². The van der Waals surface area contributed by atoms with Gasteiger partial charge in [0.1, 0.15) is 19.3 Å². The summed E-state index contributed by atoms with van der Waals surface area (Å²) in [5.41, 5.74) is 0. The minimum atomic E-state index is -0.979. The van der Waals surface area contributed by atoms with Crippen molar-refractivity contribution in [2.75, 3.05) is 13.2 Å². The van der Waals surface area contributed by atoms with Crippen LogP contribution in [0, 0.1) is 0 Å². The molecule has 0 saturated heterocycles. The van der Waals surface area contributed by atoms with Gasteiger partial charge in [-0.1, -0.05) is 172 Å². The number of rotatable bonds is 33. The van der Waals surface area contributed by atoms with E-state index in [1.165, 1.54) is 128 Å². The van der Waals surface area contributed by atoms with Gasteiger partial charge in [-0.05, 0) is 26.2 Å². The molecule has 0 bridgehead atoms. The summed E-state index contributed by atoms with van der Waals surface area (Å²) in [7, 11) is 0. The van der Waals surface area contributed by atoms with Crippen LogP contribution < -0.4 is 0 Å². The van der Waals surface area contributed by atoms with Crippen LogP contribution in [-0.2, 0) is 19.1 Å². The molecular weight excluding hydrogens is 536 g/mol. The lowest BCUT2D eigenvalue weighted by Gasteiger charge is -2.12. The molecule has 0 fully saturated rings. The summed E-state index contributed by atoms with van der Waals surface area (Å²) >= 11 is 0. The molecule has 0 heterocycles. The molecule has 0 aliphatic heterocycles. The molecule has 1 N–H and O–H groups in total. The summed E-state index contributed by atoms with van der Waals surface area (Å²) in [6.45, 7) is 3.98. The summed E-state index contributed by atoms with van der Waals surface area (Å²) in [5.74, 6) is -0.647. The number of hydrogen-bond acceptors (Lipinski definition) is 5. The number of allylic oxidation sites excluding steroid dienone is 4. The first-order valence-electron chi connectivity index (χ1n) is 18.4. The quantitative estimate of drug-likeness (QED) is 0.0457. The third-order valence-corrected chi connectivity index (χ3v) is 8.05. The number of esters is 2. The zero-order chi connectivity index (χ0) is 31.5. The molecule has 0 aromatic heterocycles. The van der Waals surface area contributed by atoms with Gasteiger partial charge in [0.25, 0.3) is 0 Å². The van der Waals surface area contributed by atoms with Gasteiger partial charge in [0.05, 0.1) is 0 Å². The smallest absolute Gasteiger partial charge is 0.306 e. The molecule has 0 aromatic carbocycles. The van der Waals surface area contributed by atoms with Crippen molar-refractivity contribution in [1.82, 2.24) is 0 Å². The molecule has 0 aliphatic carbocycles. The molecular formula is C38H70O5. The number of aliphatic hydroxyl groups is 1. The number of carbonyl (C=O) groups is 2. The maximum Gasteiger partial charge on any atom is 0.306 e. The van der Waals surface area contributed by atoms with Gasteiger partial charge in [0.2, 0.25) is 0 Å². The largest absolute Gasteiger partial charge is 0.463 e. The van der Waals surface area contributed by atoms with Crippen LogP contribution in [0.15, 0.2) is 24.3 Å². The molecule has 5 heteroatoms. The maximum absolute atomic E-state index is 11.9. The Labute approximate surface area is 266 Å². The second-order valence-electron chi connectivity index (χ2n) is 12.4. The summed E-state index contributed by atoms with van der Waals surface area (Å²) in [4.78, 5) is 23.6. The highest BCUT2D eigenvalue weighted by molar-refractivity contribution is 5.70. The van der Waals surface area contributed by atoms with Gasteiger partial charge in [-0.25, -0.2) is 0 Å². The Hall–Kier alpha value is -1.62. The van der Waals surface area contributed by atoms with Crippen LogP contribution in [0.4, 0.5) is 0 Å². The van der Waals surface area contributed by atoms with Gasteiger partial charge in [-0.3, -0.25) is 9.59 Å². The molecule has 0 amide bonds. The van der Waals surface area contributed by atoms with Crippen LogP contribution >= 0.6 is 0 Å². The highest BCUT2D eigenvalue weighted by Crippen LogP contribution is 2.15. The fourth-order valence-corrected chi connectivity index (χ4v) is 5.26. The summed E-state index contributed by atoms with van der Waals surface area (Å²) in [6.07, 6.45) is 40.2. The number of unbranched alkanes of at least 4 members (excludes halogenated alkanes) is 22. The van der Waals surface area contributed by atoms with E-state index < -0.39 is 6.10 Å². The van der Waals surface area contributed by atoms with Crippen LogP contribution in [0.3, 0.4) is 0 Å². The zero-order valence-corrected chi connectivity index (χ0v) is 28.5. The first-order valence-corrected chi connectivity index (χ1v) is 18.4. The van der Waals surface area contributed by atoms with E-state index >= 15 is 0 Å². The summed E-state index contributed by atoms with van der Waals surface area (Å²) < 4.78 is 10.2. The van der Waals surface area contributed by atoms with E-state index in [-0.39, 0.29) is 31.6 Å². The fraction of sp³-hybridized carbons (Fsp3) is 0.842. The van der Waals surface area contributed by atoms with Crippen LogP contribution in [0.2, 0.25) is 0 Å². The average Bonchev–Trinajstić information content (AvgIpc) is 3.01. The molecule has 43 heavy (non-hydrogen) atoms. The van der Waals surface area contributed by atoms with E-state index in [2.05, 4.69) is 6.92 Å². The first-order chi connectivity index (χ1) is 21.1. The molecule has 0 rings (SSSR count). The highest BCUT2D eigenvalue weighted by Gasteiger charge is 2.11. The van der Waals surface area contributed by atoms with E-state index in [0.29, 0.717) is 12.8 Å². The SMILES string of the molecule is C/C=C\C/C=C\CCC(=O)OCC(O)COC(=O)CCCCCCCCCCCCCCCCCCCCCCCCC. The minimum absolute atomic E-state index is 0.130. The van der Waals surface area contributed by atoms with Crippen molar-refractivity contribution in [3.8, 4) is 0 Å². The normalized spacial score (nSPS) is 12.3. The Balaban J connectivity index is 3.32. The fourth-order valence-electron chi connectivity index (χ4n) is 5.26. The lowest BCUT2D eigenvalue weighted by molar-refractivity contribution is -0.152. The summed E-state index contributed by atoms with van der Waals surface area (Å²) in [6, 6.07) is 0. The molecule has 5 nitrogen and oxygen atoms in total. The minimum Gasteiger partial charge on any atom is -0.463 e. The second-order valence-corrected chi connectivity index (χ2v) is 12.4. The number of aliphatic hydroxyl groups excluding tert-OH is 1. The number of carbonyl (C=O) groups excluding carboxylic acids is 2. The lowest BCUT2D eigenvalue weighted by Crippen LogP contribution is -2.25. The van der Waals surface area contributed by atoms with Crippen LogP contribution in [-0.4, -0.2) is 36.4 Å². The summed E-state index contributed by atoms with van der Waals surface area (Å²) in [5, 5.41) is 9.90. The molecule has 0 saturated carbocycles. The Morgan fingerprint density at radius 3 is 1.30 bits per heavy atom. The highest BCUT2D eigenvalue weighted by atomic mass is 16.6. The van der Waals surface area contributed by atoms with Gasteiger partial charge >= 0.3 is 11.9 Å². The van der Waals surface area contributed by atoms with E-state index in [1.54, 1.807) is 0 Å². The van der Waals surface area contributed by atoms with Gasteiger partial charge in [-0.15, -0.1) is 0 Å². The number of hydrogen-bond donors (Lipinski definition) is 1. The lowest BCUT2D eigenvalue weighted by atomic mass is 10.0. The van der Waals surface area contributed by atoms with E-state index in [4.69, 9.17) is 9.47 Å². The van der Waals surface area contributed by atoms with Crippen molar-refractivity contribution in [2.24, 2.45) is 0 Å². The Kier molecular flexibility index (Phi) is 33.6. The van der Waals surface area contributed by atoms with Gasteiger partial charge in [0, 0.05) is 12.8 Å². The van der Waals surface area contributed by atoms with E-state index in [1.807, 2.05) is 31.2 Å². The van der Waals surface area contributed by atoms with E-state index in [9.17, 15) is 14.7 Å². The molecule has 1 atom stereocenters. The Morgan fingerprint density at radius 1 is 0.535 bits per heavy atom. The molecule has 0 aliphatic rings. The molecule has 0 aromatic rings. The predicted molar refractivity (Wildman–Crippen MR) is 182 cm³/mol. The van der Waals surface area contributed by atoms with Crippen LogP contribution in [0.25, 0.3) is 0 Å². The molecule has 252 valence electrons. The third kappa shape index (κ3) is 34.7. The van der Waals surface area contributed by atoms with Crippen molar-refractivity contribution < 1.29 is 24.2 Å². The molecule has 0 radical (unpaired) electrons. The van der Waals surface area contributed by atoms with Crippen molar-refractivity contribution in [3.63, 3.8) is 0 Å². The Bertz CT molecular complexity index is 657. The molecule has 1 unspecified atom stereocenters. The third-order valence-electron chi connectivity index (χ3n) is 8.05. The van der Waals surface area contributed by atoms with Gasteiger partial charge < -0.3 is 14.6 Å². The van der Waals surface area contributed by atoms with Crippen molar-refractivity contribution in [3.05, 3.63) is 24.3 Å². The predicted octanol–water partition coefficient (Wildman–Crippen LogP) is 11.1. The van der Waals surface area contributed by atoms with Gasteiger partial charge in [0.15, 0.2) is 0 Å². The van der Waals surface area contributed by atoms with Crippen molar-refractivity contribution in [2.45, 2.75) is 193 Å². The van der Waals surface area contributed by atoms with Gasteiger partial charge in [-0.2, -0.15) is 0 Å². The first kappa shape index (κ1) is 41.4. The second kappa shape index (κ2) is 34.9. The van der Waals surface area contributed by atoms with Crippen LogP contribution in [0.5, 0.6) is 0 Å². The molecule has 0 spiro atoms. The monoisotopic (exact) mass is 607 g/mol. The topological polar surface area (TPSA) is 72.8 Å². The van der Waals surface area contributed by atoms with Crippen molar-refractivity contribution >= 4 is 11.9 Å². The maximum atomic E-state index is 11.9. The standard InChI is InChI=1S/C38H70O5/c1-3-5-7-9-11-12-13-14-15-16-17-18-19-20-21-22-23-24-25-26-27-29-31-33-38(41)43-35-36(39)34-42-37(40)32-30-28-10-8-6-4-2/h4,6,10,28,36,39H,3,5,7-9,11-27,29-35H2,1-2H3/b6-4-,28-10-. The van der Waals surface area contributed by atoms with Crippen molar-refractivity contribution in [1.29, 1.82) is 0 Å². The average molecular weight is 607 g/mol. The number of ether oxygens (including phenoxy) is 2. The Morgan fingerprint density at radius 2 is 0.907 bits per heavy atom. The van der Waals surface area contributed by atoms with E-state index in [0.717, 1.165) is 25.7 Å².